The van der Waals surface area contributed by atoms with Crippen LogP contribution in [0.2, 0.25) is 0 Å². The predicted molar refractivity (Wildman–Crippen MR) is 96.7 cm³/mol. The number of carbonyl (C=O) groups excluding carboxylic acids is 2. The highest BCUT2D eigenvalue weighted by atomic mass is 32.1. The van der Waals surface area contributed by atoms with E-state index >= 15 is 0 Å². The van der Waals surface area contributed by atoms with Crippen molar-refractivity contribution >= 4 is 30.4 Å². The summed E-state index contributed by atoms with van der Waals surface area (Å²) in [5, 5.41) is 11.5. The zero-order valence-electron chi connectivity index (χ0n) is 14.2. The number of amides is 2. The quantitative estimate of drug-likeness (QED) is 0.660. The topological polar surface area (TPSA) is 95.9 Å². The van der Waals surface area contributed by atoms with Gasteiger partial charge in [-0.25, -0.2) is 4.79 Å². The van der Waals surface area contributed by atoms with Crippen molar-refractivity contribution in [1.29, 1.82) is 0 Å². The number of nitrogens with zero attached hydrogens (tertiary/aromatic N) is 1. The van der Waals surface area contributed by atoms with Crippen LogP contribution in [0.4, 0.5) is 0 Å². The minimum absolute atomic E-state index is 0.292. The van der Waals surface area contributed by atoms with Gasteiger partial charge >= 0.3 is 5.97 Å². The molecule has 2 heterocycles. The Morgan fingerprint density at radius 1 is 1.27 bits per heavy atom. The Morgan fingerprint density at radius 2 is 2.00 bits per heavy atom. The van der Waals surface area contributed by atoms with E-state index < -0.39 is 35.4 Å². The predicted octanol–water partition coefficient (Wildman–Crippen LogP) is 0.834. The van der Waals surface area contributed by atoms with Crippen LogP contribution in [0.5, 0.6) is 0 Å². The van der Waals surface area contributed by atoms with Crippen LogP contribution in [0.25, 0.3) is 0 Å². The number of carboxylic acid groups (broad SMARTS) is 1. The van der Waals surface area contributed by atoms with Gasteiger partial charge in [-0.05, 0) is 24.8 Å². The van der Waals surface area contributed by atoms with Gasteiger partial charge in [0.05, 0.1) is 11.9 Å². The monoisotopic (exact) mass is 378 g/mol. The number of carbonyl (C=O) groups is 3. The fourth-order valence-corrected chi connectivity index (χ4v) is 3.72. The van der Waals surface area contributed by atoms with Gasteiger partial charge in [0.2, 0.25) is 11.8 Å². The van der Waals surface area contributed by atoms with E-state index in [1.165, 1.54) is 4.90 Å². The number of carboxylic acids is 1. The minimum atomic E-state index is -1.05. The summed E-state index contributed by atoms with van der Waals surface area (Å²) >= 11 is 4.36. The van der Waals surface area contributed by atoms with Gasteiger partial charge in [-0.15, -0.1) is 0 Å². The molecule has 1 aromatic rings. The van der Waals surface area contributed by atoms with E-state index in [0.717, 1.165) is 5.56 Å². The van der Waals surface area contributed by atoms with Crippen LogP contribution in [0, 0.1) is 0 Å². The first-order valence-corrected chi connectivity index (χ1v) is 9.18. The number of nitrogens with one attached hydrogen (secondary N) is 1. The van der Waals surface area contributed by atoms with Gasteiger partial charge in [0.25, 0.3) is 0 Å². The number of rotatable bonds is 5. The lowest BCUT2D eigenvalue weighted by atomic mass is 10.1. The molecule has 0 bridgehead atoms. The number of aliphatic carboxylic acids is 1. The summed E-state index contributed by atoms with van der Waals surface area (Å²) < 4.78 is 5.62. The third-order valence-electron chi connectivity index (χ3n) is 4.78. The van der Waals surface area contributed by atoms with Crippen molar-refractivity contribution in [3.63, 3.8) is 0 Å². The average Bonchev–Trinajstić information content (AvgIpc) is 2.99. The number of fused-ring (bicyclic) bond motifs is 1. The summed E-state index contributed by atoms with van der Waals surface area (Å²) in [6.07, 6.45) is 1.08. The maximum absolute atomic E-state index is 12.8. The van der Waals surface area contributed by atoms with E-state index in [0.29, 0.717) is 32.3 Å². The van der Waals surface area contributed by atoms with Gasteiger partial charge in [-0.3, -0.25) is 9.59 Å². The highest BCUT2D eigenvalue weighted by Gasteiger charge is 2.45. The molecule has 0 spiro atoms. The maximum atomic E-state index is 12.8. The second-order valence-electron chi connectivity index (χ2n) is 6.56. The van der Waals surface area contributed by atoms with Gasteiger partial charge in [0.15, 0.2) is 0 Å². The maximum Gasteiger partial charge on any atom is 0.326 e. The van der Waals surface area contributed by atoms with Crippen molar-refractivity contribution in [2.75, 3.05) is 6.61 Å². The molecule has 2 aliphatic heterocycles. The van der Waals surface area contributed by atoms with Crippen LogP contribution in [0.3, 0.4) is 0 Å². The summed E-state index contributed by atoms with van der Waals surface area (Å²) in [6, 6.07) is 7.80. The molecule has 7 nitrogen and oxygen atoms in total. The molecule has 3 rings (SSSR count). The first-order valence-electron chi connectivity index (χ1n) is 8.66. The lowest BCUT2D eigenvalue weighted by Crippen LogP contribution is -2.53. The Morgan fingerprint density at radius 3 is 2.69 bits per heavy atom. The second kappa shape index (κ2) is 8.09. The minimum Gasteiger partial charge on any atom is -0.480 e. The van der Waals surface area contributed by atoms with Crippen LogP contribution in [0.1, 0.15) is 24.8 Å². The van der Waals surface area contributed by atoms with Gasteiger partial charge < -0.3 is 20.1 Å². The average molecular weight is 378 g/mol. The van der Waals surface area contributed by atoms with Crippen LogP contribution >= 0.6 is 12.6 Å². The van der Waals surface area contributed by atoms with E-state index in [-0.39, 0.29) is 5.91 Å². The smallest absolute Gasteiger partial charge is 0.326 e. The van der Waals surface area contributed by atoms with E-state index in [9.17, 15) is 19.5 Å². The summed E-state index contributed by atoms with van der Waals surface area (Å²) in [4.78, 5) is 37.9. The molecule has 0 radical (unpaired) electrons. The SMILES string of the molecule is O=C(N[C@H]1CCO[C@H]2CC[C@@H](C(=O)O)N2C1=O)[C@H](S)Cc1ccccc1. The van der Waals surface area contributed by atoms with Crippen LogP contribution in [-0.2, 0) is 25.5 Å². The van der Waals surface area contributed by atoms with Gasteiger partial charge in [-0.2, -0.15) is 12.6 Å². The van der Waals surface area contributed by atoms with Crippen LogP contribution < -0.4 is 5.32 Å². The van der Waals surface area contributed by atoms with Crippen molar-refractivity contribution in [2.45, 2.75) is 49.2 Å². The first-order chi connectivity index (χ1) is 12.5. The Balaban J connectivity index is 1.65. The zero-order valence-corrected chi connectivity index (χ0v) is 15.1. The molecule has 4 atom stereocenters. The van der Waals surface area contributed by atoms with Gasteiger partial charge in [0.1, 0.15) is 18.3 Å². The number of hydrogen-bond donors (Lipinski definition) is 3. The third-order valence-corrected chi connectivity index (χ3v) is 5.20. The molecular weight excluding hydrogens is 356 g/mol. The van der Waals surface area contributed by atoms with Crippen molar-refractivity contribution in [2.24, 2.45) is 0 Å². The molecule has 0 saturated carbocycles. The number of benzene rings is 1. The van der Waals surface area contributed by atoms with E-state index in [4.69, 9.17) is 4.74 Å². The molecule has 2 fully saturated rings. The summed E-state index contributed by atoms with van der Waals surface area (Å²) in [6.45, 7) is 0.292. The van der Waals surface area contributed by atoms with Crippen molar-refractivity contribution < 1.29 is 24.2 Å². The molecule has 2 N–H and O–H groups in total. The molecule has 2 aliphatic rings. The molecule has 8 heteroatoms. The number of ether oxygens (including phenoxy) is 1. The van der Waals surface area contributed by atoms with Crippen LogP contribution in [-0.4, -0.2) is 58.0 Å². The molecule has 26 heavy (non-hydrogen) atoms. The highest BCUT2D eigenvalue weighted by Crippen LogP contribution is 2.29. The molecule has 0 aliphatic carbocycles. The highest BCUT2D eigenvalue weighted by molar-refractivity contribution is 7.81. The normalized spacial score (nSPS) is 26.7. The summed E-state index contributed by atoms with van der Waals surface area (Å²) in [5.74, 6) is -1.79. The molecular formula is C18H22N2O5S. The molecule has 140 valence electrons. The van der Waals surface area contributed by atoms with Crippen molar-refractivity contribution in [3.8, 4) is 0 Å². The van der Waals surface area contributed by atoms with Crippen LogP contribution in [0.15, 0.2) is 30.3 Å². The van der Waals surface area contributed by atoms with Gasteiger partial charge in [0, 0.05) is 6.42 Å². The fraction of sp³-hybridized carbons (Fsp3) is 0.500. The number of thiol groups is 1. The molecule has 2 amide bonds. The van der Waals surface area contributed by atoms with Gasteiger partial charge in [-0.1, -0.05) is 30.3 Å². The van der Waals surface area contributed by atoms with E-state index in [1.807, 2.05) is 30.3 Å². The Labute approximate surface area is 157 Å². The number of hydrogen-bond acceptors (Lipinski definition) is 5. The van der Waals surface area contributed by atoms with Crippen molar-refractivity contribution in [1.82, 2.24) is 10.2 Å². The van der Waals surface area contributed by atoms with E-state index in [2.05, 4.69) is 17.9 Å². The Bertz CT molecular complexity index is 683. The molecule has 2 saturated heterocycles. The molecule has 0 aromatic heterocycles. The third kappa shape index (κ3) is 4.02. The fourth-order valence-electron chi connectivity index (χ4n) is 3.44. The summed E-state index contributed by atoms with van der Waals surface area (Å²) in [7, 11) is 0. The second-order valence-corrected chi connectivity index (χ2v) is 7.18. The lowest BCUT2D eigenvalue weighted by molar-refractivity contribution is -0.155. The van der Waals surface area contributed by atoms with Crippen molar-refractivity contribution in [3.05, 3.63) is 35.9 Å². The zero-order chi connectivity index (χ0) is 18.7. The Hall–Kier alpha value is -2.06. The first kappa shape index (κ1) is 18.7. The summed E-state index contributed by atoms with van der Waals surface area (Å²) in [5.41, 5.74) is 0.976. The standard InChI is InChI=1S/C18H22N2O5S/c21-16(14(26)10-11-4-2-1-3-5-11)19-12-8-9-25-15-7-6-13(18(23)24)20(15)17(12)22/h1-5,12-15,26H,6-10H2,(H,19,21)(H,23,24)/t12-,13-,14+,15-/m0/s1. The van der Waals surface area contributed by atoms with E-state index in [1.54, 1.807) is 0 Å². The lowest BCUT2D eigenvalue weighted by Gasteiger charge is -2.28. The largest absolute Gasteiger partial charge is 0.480 e. The molecule has 0 unspecified atom stereocenters. The Kier molecular flexibility index (Phi) is 5.83. The molecule has 1 aromatic carbocycles.